The highest BCUT2D eigenvalue weighted by Gasteiger charge is 2.16. The fraction of sp³-hybridized carbons (Fsp3) is 0. The molecule has 4 N–H and O–H groups in total. The molecule has 0 fully saturated rings. The highest BCUT2D eigenvalue weighted by atomic mass is 32.2. The lowest BCUT2D eigenvalue weighted by atomic mass is 10.0. The fourth-order valence-electron chi connectivity index (χ4n) is 3.90. The molecular weight excluding hydrogens is 476 g/mol. The monoisotopic (exact) mass is 496 g/mol. The Labute approximate surface area is 206 Å². The van der Waals surface area contributed by atoms with Gasteiger partial charge in [-0.2, -0.15) is 13.5 Å². The maximum atomic E-state index is 11.3. The maximum Gasteiger partial charge on any atom is 0.294 e. The van der Waals surface area contributed by atoms with Crippen LogP contribution in [0.25, 0.3) is 21.5 Å². The summed E-state index contributed by atoms with van der Waals surface area (Å²) < 4.78 is 31.7. The van der Waals surface area contributed by atoms with Crippen molar-refractivity contribution < 1.29 is 18.1 Å². The average Bonchev–Trinajstić information content (AvgIpc) is 2.88. The first-order valence-electron chi connectivity index (χ1n) is 10.9. The van der Waals surface area contributed by atoms with E-state index in [-0.39, 0.29) is 22.2 Å². The molecule has 0 aliphatic heterocycles. The normalized spacial score (nSPS) is 12.5. The molecule has 5 rings (SSSR count). The number of hydrogen-bond donors (Lipinski definition) is 3. The molecule has 0 aliphatic rings. The average molecular weight is 497 g/mol. The third-order valence-corrected chi connectivity index (χ3v) is 6.55. The highest BCUT2D eigenvalue weighted by Crippen LogP contribution is 2.40. The zero-order chi connectivity index (χ0) is 25.3. The molecule has 0 bridgehead atoms. The first kappa shape index (κ1) is 23.2. The van der Waals surface area contributed by atoms with Crippen LogP contribution in [0.5, 0.6) is 5.75 Å². The second kappa shape index (κ2) is 9.21. The minimum atomic E-state index is -4.32. The second-order valence-electron chi connectivity index (χ2n) is 8.01. The van der Waals surface area contributed by atoms with Crippen molar-refractivity contribution in [1.82, 2.24) is 0 Å². The number of rotatable bonds is 5. The van der Waals surface area contributed by atoms with Crippen LogP contribution in [0.4, 0.5) is 17.1 Å². The van der Waals surface area contributed by atoms with Gasteiger partial charge in [-0.15, -0.1) is 5.11 Å². The van der Waals surface area contributed by atoms with Gasteiger partial charge < -0.3 is 10.8 Å². The van der Waals surface area contributed by atoms with E-state index < -0.39 is 10.1 Å². The van der Waals surface area contributed by atoms with Crippen LogP contribution in [0.15, 0.2) is 117 Å². The molecule has 0 atom stereocenters. The Morgan fingerprint density at radius 1 is 0.750 bits per heavy atom. The van der Waals surface area contributed by atoms with Crippen molar-refractivity contribution in [2.24, 2.45) is 21.0 Å². The molecule has 0 aromatic heterocycles. The predicted molar refractivity (Wildman–Crippen MR) is 140 cm³/mol. The van der Waals surface area contributed by atoms with Crippen molar-refractivity contribution in [3.05, 3.63) is 103 Å². The van der Waals surface area contributed by atoms with Crippen LogP contribution in [0.1, 0.15) is 5.56 Å². The van der Waals surface area contributed by atoms with Crippen LogP contribution in [-0.4, -0.2) is 23.9 Å². The largest absolute Gasteiger partial charge is 0.505 e. The zero-order valence-corrected chi connectivity index (χ0v) is 19.6. The highest BCUT2D eigenvalue weighted by molar-refractivity contribution is 7.85. The van der Waals surface area contributed by atoms with Gasteiger partial charge in [0.05, 0.1) is 21.8 Å². The van der Waals surface area contributed by atoms with E-state index in [4.69, 9.17) is 10.3 Å². The van der Waals surface area contributed by atoms with Crippen LogP contribution >= 0.6 is 0 Å². The molecule has 0 heterocycles. The molecule has 0 spiro atoms. The van der Waals surface area contributed by atoms with Gasteiger partial charge in [-0.1, -0.05) is 60.7 Å². The van der Waals surface area contributed by atoms with E-state index in [0.717, 1.165) is 16.2 Å². The number of nitrogens with two attached hydrogens (primary N) is 1. The number of azo groups is 1. The third kappa shape index (κ3) is 4.52. The molecule has 0 amide bonds. The van der Waals surface area contributed by atoms with E-state index in [0.29, 0.717) is 22.3 Å². The number of hydrogen-bond acceptors (Lipinski definition) is 6. The number of benzene rings is 5. The molecule has 0 radical (unpaired) electrons. The van der Waals surface area contributed by atoms with E-state index in [9.17, 15) is 13.5 Å². The van der Waals surface area contributed by atoms with Crippen molar-refractivity contribution in [1.29, 1.82) is 0 Å². The van der Waals surface area contributed by atoms with Crippen LogP contribution in [0, 0.1) is 0 Å². The summed E-state index contributed by atoms with van der Waals surface area (Å²) in [6.07, 6.45) is 0. The Morgan fingerprint density at radius 3 is 2.11 bits per heavy atom. The lowest BCUT2D eigenvalue weighted by molar-refractivity contribution is 0.476. The molecule has 36 heavy (non-hydrogen) atoms. The van der Waals surface area contributed by atoms with E-state index >= 15 is 0 Å². The third-order valence-electron chi connectivity index (χ3n) is 5.68. The Balaban J connectivity index is 1.61. The number of aliphatic imine (C=N–C) groups is 1. The van der Waals surface area contributed by atoms with Crippen molar-refractivity contribution in [2.45, 2.75) is 4.90 Å². The summed E-state index contributed by atoms with van der Waals surface area (Å²) in [5.41, 5.74) is 7.87. The number of phenols is 1. The molecule has 0 saturated carbocycles. The lowest BCUT2D eigenvalue weighted by Crippen LogP contribution is -2.13. The van der Waals surface area contributed by atoms with Gasteiger partial charge in [0.1, 0.15) is 11.5 Å². The maximum absolute atomic E-state index is 11.3. The smallest absolute Gasteiger partial charge is 0.294 e. The summed E-state index contributed by atoms with van der Waals surface area (Å²) >= 11 is 0. The molecule has 9 heteroatoms. The van der Waals surface area contributed by atoms with Crippen LogP contribution in [0.3, 0.4) is 0 Å². The van der Waals surface area contributed by atoms with Crippen LogP contribution in [-0.2, 0) is 10.1 Å². The Bertz CT molecular complexity index is 1770. The summed E-state index contributed by atoms with van der Waals surface area (Å²) in [5, 5.41) is 22.9. The van der Waals surface area contributed by atoms with Gasteiger partial charge in [-0.25, -0.2) is 4.99 Å². The molecule has 8 nitrogen and oxygen atoms in total. The summed E-state index contributed by atoms with van der Waals surface area (Å²) in [6, 6.07) is 27.8. The first-order chi connectivity index (χ1) is 17.3. The van der Waals surface area contributed by atoms with Crippen molar-refractivity contribution >= 4 is 54.6 Å². The zero-order valence-electron chi connectivity index (χ0n) is 18.8. The van der Waals surface area contributed by atoms with Gasteiger partial charge in [0.15, 0.2) is 5.75 Å². The minimum Gasteiger partial charge on any atom is -0.505 e. The summed E-state index contributed by atoms with van der Waals surface area (Å²) in [7, 11) is -4.32. The van der Waals surface area contributed by atoms with E-state index in [1.807, 2.05) is 60.7 Å². The van der Waals surface area contributed by atoms with Gasteiger partial charge in [0.2, 0.25) is 0 Å². The van der Waals surface area contributed by atoms with Gasteiger partial charge >= 0.3 is 0 Å². The summed E-state index contributed by atoms with van der Waals surface area (Å²) in [6.45, 7) is 0. The Hall–Kier alpha value is -4.60. The molecule has 5 aromatic rings. The van der Waals surface area contributed by atoms with Crippen LogP contribution in [0.2, 0.25) is 0 Å². The Morgan fingerprint density at radius 2 is 1.39 bits per heavy atom. The van der Waals surface area contributed by atoms with Gasteiger partial charge in [-0.05, 0) is 47.2 Å². The fourth-order valence-corrected chi connectivity index (χ4v) is 4.38. The quantitative estimate of drug-likeness (QED) is 0.112. The molecule has 5 aromatic carbocycles. The number of phenolic OH excluding ortho intramolecular Hbond substituents is 1. The number of aromatic hydroxyl groups is 1. The van der Waals surface area contributed by atoms with Crippen LogP contribution < -0.4 is 5.73 Å². The van der Waals surface area contributed by atoms with E-state index in [1.165, 1.54) is 24.3 Å². The van der Waals surface area contributed by atoms with Gasteiger partial charge in [0, 0.05) is 10.8 Å². The van der Waals surface area contributed by atoms with E-state index in [2.05, 4.69) is 15.2 Å². The second-order valence-corrected chi connectivity index (χ2v) is 9.43. The summed E-state index contributed by atoms with van der Waals surface area (Å²) in [5.74, 6) is -0.0722. The molecular formula is C27H20N4O4S. The number of amidine groups is 1. The molecule has 0 aliphatic carbocycles. The summed E-state index contributed by atoms with van der Waals surface area (Å²) in [4.78, 5) is 4.34. The van der Waals surface area contributed by atoms with E-state index in [1.54, 1.807) is 12.1 Å². The van der Waals surface area contributed by atoms with Gasteiger partial charge in [-0.3, -0.25) is 4.55 Å². The van der Waals surface area contributed by atoms with Crippen molar-refractivity contribution in [3.8, 4) is 5.75 Å². The topological polar surface area (TPSA) is 138 Å². The van der Waals surface area contributed by atoms with Crippen molar-refractivity contribution in [3.63, 3.8) is 0 Å². The first-order valence-corrected chi connectivity index (χ1v) is 12.3. The standard InChI is InChI=1S/C27H20N4O4S/c28-27(29-24-11-5-8-17-6-1-3-9-21(17)24)23-16-18-7-2-4-10-22(18)25(26(23)32)31-30-19-12-14-20(15-13-19)36(33,34)35/h1-16,32H,(H2,28,29)(H,33,34,35). The molecule has 178 valence electrons. The van der Waals surface area contributed by atoms with Crippen molar-refractivity contribution in [2.75, 3.05) is 0 Å². The number of nitrogens with zero attached hydrogens (tertiary/aromatic N) is 3. The molecule has 0 saturated heterocycles. The molecule has 0 unspecified atom stereocenters. The predicted octanol–water partition coefficient (Wildman–Crippen LogP) is 6.40. The number of fused-ring (bicyclic) bond motifs is 2. The SMILES string of the molecule is NC(=Nc1cccc2ccccc12)c1cc2ccccc2c(N=Nc2ccc(S(=O)(=O)O)cc2)c1O. The minimum absolute atomic E-state index is 0.114. The van der Waals surface area contributed by atoms with Gasteiger partial charge in [0.25, 0.3) is 10.1 Å². The lowest BCUT2D eigenvalue weighted by Gasteiger charge is -2.11. The Kier molecular flexibility index (Phi) is 5.93.